The van der Waals surface area contributed by atoms with Gasteiger partial charge >= 0.3 is 6.09 Å². The molecular weight excluding hydrogens is 496 g/mol. The zero-order chi connectivity index (χ0) is 25.2. The third-order valence-corrected chi connectivity index (χ3v) is 6.80. The molecule has 2 bridgehead atoms. The van der Waals surface area contributed by atoms with Gasteiger partial charge in [0.2, 0.25) is 0 Å². The van der Waals surface area contributed by atoms with E-state index >= 15 is 0 Å². The minimum Gasteiger partial charge on any atom is -0.444 e. The molecule has 2 aliphatic rings. The third-order valence-electron chi connectivity index (χ3n) is 6.30. The number of aromatic amines is 1. The summed E-state index contributed by atoms with van der Waals surface area (Å²) in [6.45, 7) is 14.0. The fraction of sp³-hybridized carbons (Fsp3) is 0.577. The Labute approximate surface area is 210 Å². The molecule has 3 heterocycles. The fourth-order valence-electron chi connectivity index (χ4n) is 4.75. The maximum absolute atomic E-state index is 12.7. The van der Waals surface area contributed by atoms with E-state index in [1.165, 1.54) is 0 Å². The van der Waals surface area contributed by atoms with Crippen LogP contribution in [0.2, 0.25) is 0 Å². The van der Waals surface area contributed by atoms with Crippen LogP contribution in [0.4, 0.5) is 4.79 Å². The molecule has 0 spiro atoms. The van der Waals surface area contributed by atoms with Gasteiger partial charge in [-0.25, -0.2) is 9.78 Å². The van der Waals surface area contributed by atoms with Crippen LogP contribution in [-0.2, 0) is 11.3 Å². The molecule has 186 valence electrons. The Hall–Kier alpha value is -2.19. The average molecular weight is 534 g/mol. The Morgan fingerprint density at radius 3 is 2.47 bits per heavy atom. The first-order chi connectivity index (χ1) is 16.0. The van der Waals surface area contributed by atoms with Crippen LogP contribution in [0.1, 0.15) is 70.8 Å². The number of alkyl carbamates (subject to hydrolysis) is 1. The second kappa shape index (κ2) is 10.6. The molecule has 0 radical (unpaired) electrons. The summed E-state index contributed by atoms with van der Waals surface area (Å²) in [5.41, 5.74) is 2.81. The number of nitrogens with one attached hydrogen (secondary N) is 2. The highest BCUT2D eigenvalue weighted by molar-refractivity contribution is 9.10. The van der Waals surface area contributed by atoms with E-state index in [9.17, 15) is 9.59 Å². The van der Waals surface area contributed by atoms with E-state index in [2.05, 4.69) is 31.1 Å². The number of aryl methyl sites for hydroxylation is 1. The summed E-state index contributed by atoms with van der Waals surface area (Å²) >= 11 is 3.53. The molecule has 2 unspecified atom stereocenters. The number of benzene rings is 1. The molecule has 34 heavy (non-hydrogen) atoms. The molecule has 2 fully saturated rings. The predicted octanol–water partition coefficient (Wildman–Crippen LogP) is 5.47. The molecule has 1 aromatic heterocycles. The van der Waals surface area contributed by atoms with Crippen molar-refractivity contribution in [1.82, 2.24) is 20.2 Å². The van der Waals surface area contributed by atoms with Crippen LogP contribution >= 0.6 is 15.9 Å². The SMILES string of the molecule is CC.Cc1ccc(Br)cc1-c1nc(CN2C3CC(NC(=O)OC(C)(C)C)CC2C3)[nH]c(=O)c1C. The van der Waals surface area contributed by atoms with Gasteiger partial charge in [-0.3, -0.25) is 9.69 Å². The summed E-state index contributed by atoms with van der Waals surface area (Å²) in [6.07, 6.45) is 2.52. The van der Waals surface area contributed by atoms with Crippen LogP contribution in [-0.4, -0.2) is 44.7 Å². The van der Waals surface area contributed by atoms with E-state index in [1.807, 2.05) is 66.7 Å². The first-order valence-electron chi connectivity index (χ1n) is 12.1. The van der Waals surface area contributed by atoms with Gasteiger partial charge in [0, 0.05) is 33.7 Å². The minimum absolute atomic E-state index is 0.0977. The van der Waals surface area contributed by atoms with E-state index in [0.29, 0.717) is 30.0 Å². The Morgan fingerprint density at radius 2 is 1.85 bits per heavy atom. The average Bonchev–Trinajstić information content (AvgIpc) is 2.76. The Morgan fingerprint density at radius 1 is 1.21 bits per heavy atom. The number of carbonyl (C=O) groups is 1. The maximum Gasteiger partial charge on any atom is 0.407 e. The topological polar surface area (TPSA) is 87.3 Å². The molecule has 2 saturated heterocycles. The normalized spacial score (nSPS) is 21.7. The molecule has 2 aromatic rings. The first-order valence-corrected chi connectivity index (χ1v) is 12.9. The molecule has 1 aromatic carbocycles. The van der Waals surface area contributed by atoms with Crippen LogP contribution in [0.3, 0.4) is 0 Å². The molecule has 7 nitrogen and oxygen atoms in total. The standard InChI is InChI=1S/C24H31BrN4O3.C2H6/c1-13-6-7-15(25)8-19(13)21-14(2)22(30)28-20(27-21)12-29-17-9-16(10-18(29)11-17)26-23(31)32-24(3,4)5;1-2/h6-8,16-18H,9-12H2,1-5H3,(H,26,31)(H,27,28,30);1-2H3. The van der Waals surface area contributed by atoms with E-state index in [4.69, 9.17) is 9.72 Å². The number of rotatable bonds is 4. The van der Waals surface area contributed by atoms with Gasteiger partial charge in [-0.1, -0.05) is 35.8 Å². The first kappa shape index (κ1) is 26.4. The van der Waals surface area contributed by atoms with Gasteiger partial charge in [-0.15, -0.1) is 0 Å². The highest BCUT2D eigenvalue weighted by Gasteiger charge is 2.46. The molecule has 1 amide bonds. The quantitative estimate of drug-likeness (QED) is 0.544. The number of carbonyl (C=O) groups excluding carboxylic acids is 1. The molecule has 0 saturated carbocycles. The lowest BCUT2D eigenvalue weighted by atomic mass is 9.77. The molecule has 2 N–H and O–H groups in total. The fourth-order valence-corrected chi connectivity index (χ4v) is 5.11. The molecule has 0 aliphatic carbocycles. The number of aromatic nitrogens is 2. The van der Waals surface area contributed by atoms with Crippen molar-refractivity contribution in [2.24, 2.45) is 0 Å². The maximum atomic E-state index is 12.7. The van der Waals surface area contributed by atoms with Crippen molar-refractivity contribution in [3.8, 4) is 11.3 Å². The summed E-state index contributed by atoms with van der Waals surface area (Å²) in [6, 6.07) is 6.89. The van der Waals surface area contributed by atoms with Gasteiger partial charge in [0.1, 0.15) is 11.4 Å². The van der Waals surface area contributed by atoms with Gasteiger partial charge in [-0.05, 0) is 71.6 Å². The number of halogens is 1. The number of hydrogen-bond donors (Lipinski definition) is 2. The van der Waals surface area contributed by atoms with Crippen LogP contribution in [0.15, 0.2) is 27.5 Å². The zero-order valence-electron chi connectivity index (χ0n) is 21.3. The largest absolute Gasteiger partial charge is 0.444 e. The van der Waals surface area contributed by atoms with Crippen LogP contribution < -0.4 is 10.9 Å². The third kappa shape index (κ3) is 6.08. The van der Waals surface area contributed by atoms with Gasteiger partial charge < -0.3 is 15.0 Å². The number of nitrogens with zero attached hydrogens (tertiary/aromatic N) is 2. The molecular formula is C26H37BrN4O3. The highest BCUT2D eigenvalue weighted by atomic mass is 79.9. The van der Waals surface area contributed by atoms with Crippen molar-refractivity contribution in [3.63, 3.8) is 0 Å². The number of ether oxygens (including phenoxy) is 1. The minimum atomic E-state index is -0.499. The molecule has 2 aliphatic heterocycles. The number of piperidine rings is 1. The number of H-pyrrole nitrogens is 1. The Balaban J connectivity index is 0.00000158. The molecule has 2 atom stereocenters. The van der Waals surface area contributed by atoms with E-state index in [0.717, 1.165) is 40.6 Å². The van der Waals surface area contributed by atoms with Crippen LogP contribution in [0.5, 0.6) is 0 Å². The molecule has 8 heteroatoms. The summed E-state index contributed by atoms with van der Waals surface area (Å²) in [7, 11) is 0. The zero-order valence-corrected chi connectivity index (χ0v) is 22.9. The summed E-state index contributed by atoms with van der Waals surface area (Å²) < 4.78 is 6.35. The number of amides is 1. The smallest absolute Gasteiger partial charge is 0.407 e. The molecule has 4 rings (SSSR count). The highest BCUT2D eigenvalue weighted by Crippen LogP contribution is 2.39. The van der Waals surface area contributed by atoms with E-state index in [1.54, 1.807) is 0 Å². The van der Waals surface area contributed by atoms with Crippen molar-refractivity contribution < 1.29 is 9.53 Å². The lowest BCUT2D eigenvalue weighted by Gasteiger charge is -2.55. The predicted molar refractivity (Wildman–Crippen MR) is 139 cm³/mol. The lowest BCUT2D eigenvalue weighted by molar-refractivity contribution is -0.0505. The second-order valence-corrected chi connectivity index (χ2v) is 10.9. The Kier molecular flexibility index (Phi) is 8.24. The van der Waals surface area contributed by atoms with Crippen molar-refractivity contribution in [3.05, 3.63) is 50.0 Å². The van der Waals surface area contributed by atoms with Crippen LogP contribution in [0.25, 0.3) is 11.3 Å². The number of fused-ring (bicyclic) bond motifs is 2. The van der Waals surface area contributed by atoms with Crippen molar-refractivity contribution in [2.75, 3.05) is 0 Å². The van der Waals surface area contributed by atoms with Crippen molar-refractivity contribution in [1.29, 1.82) is 0 Å². The number of hydrogen-bond acceptors (Lipinski definition) is 5. The monoisotopic (exact) mass is 532 g/mol. The van der Waals surface area contributed by atoms with Crippen molar-refractivity contribution in [2.45, 2.75) is 98.0 Å². The summed E-state index contributed by atoms with van der Waals surface area (Å²) in [5.74, 6) is 0.684. The van der Waals surface area contributed by atoms with Crippen molar-refractivity contribution >= 4 is 22.0 Å². The van der Waals surface area contributed by atoms with E-state index in [-0.39, 0.29) is 17.7 Å². The lowest BCUT2D eigenvalue weighted by Crippen LogP contribution is -2.64. The van der Waals surface area contributed by atoms with E-state index < -0.39 is 5.60 Å². The van der Waals surface area contributed by atoms with Gasteiger partial charge in [0.15, 0.2) is 0 Å². The summed E-state index contributed by atoms with van der Waals surface area (Å²) in [5, 5.41) is 3.01. The van der Waals surface area contributed by atoms with Gasteiger partial charge in [-0.2, -0.15) is 0 Å². The van der Waals surface area contributed by atoms with Gasteiger partial charge in [0.25, 0.3) is 5.56 Å². The Bertz CT molecular complexity index is 1080. The summed E-state index contributed by atoms with van der Waals surface area (Å²) in [4.78, 5) is 35.0. The van der Waals surface area contributed by atoms with Gasteiger partial charge in [0.05, 0.1) is 12.2 Å². The second-order valence-electron chi connectivity index (χ2n) is 9.98. The van der Waals surface area contributed by atoms with Crippen LogP contribution in [0, 0.1) is 13.8 Å².